The Kier molecular flexibility index (Phi) is 2.70. The molecule has 0 saturated heterocycles. The van der Waals surface area contributed by atoms with Gasteiger partial charge in [0.05, 0.1) is 11.5 Å². The van der Waals surface area contributed by atoms with Crippen LogP contribution in [-0.4, -0.2) is 0 Å². The van der Waals surface area contributed by atoms with Gasteiger partial charge in [-0.3, -0.25) is 0 Å². The molecule has 1 nitrogen and oxygen atoms in total. The molecule has 0 aromatic heterocycles. The third-order valence-corrected chi connectivity index (χ3v) is 2.26. The number of rotatable bonds is 2. The second kappa shape index (κ2) is 2.87. The fraction of sp³-hybridized carbons (Fsp3) is 0.875. The molecule has 0 radical (unpaired) electrons. The van der Waals surface area contributed by atoms with Crippen molar-refractivity contribution >= 4 is 0 Å². The Morgan fingerprint density at radius 2 is 2.00 bits per heavy atom. The highest BCUT2D eigenvalue weighted by atomic mass is 14.4. The van der Waals surface area contributed by atoms with Crippen LogP contribution < -0.4 is 0 Å². The highest BCUT2D eigenvalue weighted by molar-refractivity contribution is 4.96. The van der Waals surface area contributed by atoms with Crippen LogP contribution in [0.4, 0.5) is 0 Å². The molecule has 0 aliphatic heterocycles. The molecule has 1 heteroatoms. The van der Waals surface area contributed by atoms with Gasteiger partial charge in [0.2, 0.25) is 0 Å². The largest absolute Gasteiger partial charge is 0.198 e. The van der Waals surface area contributed by atoms with Gasteiger partial charge >= 0.3 is 0 Å². The molecule has 1 atom stereocenters. The van der Waals surface area contributed by atoms with Gasteiger partial charge < -0.3 is 0 Å². The van der Waals surface area contributed by atoms with Crippen molar-refractivity contribution < 1.29 is 0 Å². The first-order chi connectivity index (χ1) is 4.06. The van der Waals surface area contributed by atoms with Gasteiger partial charge in [0.25, 0.3) is 0 Å². The monoisotopic (exact) mass is 125 g/mol. The lowest BCUT2D eigenvalue weighted by atomic mass is 9.78. The zero-order chi connectivity index (χ0) is 7.49. The molecule has 0 amide bonds. The Labute approximate surface area is 57.7 Å². The summed E-state index contributed by atoms with van der Waals surface area (Å²) in [6.45, 7) is 8.25. The molecule has 0 aliphatic carbocycles. The lowest BCUT2D eigenvalue weighted by Gasteiger charge is -2.23. The molecule has 0 aliphatic rings. The summed E-state index contributed by atoms with van der Waals surface area (Å²) in [5.74, 6) is 0.465. The van der Waals surface area contributed by atoms with Crippen molar-refractivity contribution in [3.8, 4) is 6.07 Å². The molecule has 0 rings (SSSR count). The first-order valence-electron chi connectivity index (χ1n) is 3.48. The summed E-state index contributed by atoms with van der Waals surface area (Å²) >= 11 is 0. The topological polar surface area (TPSA) is 23.8 Å². The van der Waals surface area contributed by atoms with Crippen LogP contribution in [0.1, 0.15) is 34.1 Å². The van der Waals surface area contributed by atoms with Crippen molar-refractivity contribution in [2.24, 2.45) is 11.3 Å². The van der Waals surface area contributed by atoms with Crippen LogP contribution in [0.25, 0.3) is 0 Å². The molecule has 0 aromatic rings. The quantitative estimate of drug-likeness (QED) is 0.556. The van der Waals surface area contributed by atoms with E-state index < -0.39 is 0 Å². The van der Waals surface area contributed by atoms with E-state index in [0.717, 1.165) is 6.42 Å². The van der Waals surface area contributed by atoms with Crippen LogP contribution >= 0.6 is 0 Å². The first kappa shape index (κ1) is 8.49. The highest BCUT2D eigenvalue weighted by Gasteiger charge is 2.24. The normalized spacial score (nSPS) is 16.9. The average Bonchev–Trinajstić information content (AvgIpc) is 1.86. The molecule has 0 aromatic carbocycles. The molecule has 1 unspecified atom stereocenters. The van der Waals surface area contributed by atoms with Crippen LogP contribution in [0.3, 0.4) is 0 Å². The van der Waals surface area contributed by atoms with E-state index in [4.69, 9.17) is 5.26 Å². The number of hydrogen-bond acceptors (Lipinski definition) is 1. The first-order valence-corrected chi connectivity index (χ1v) is 3.48. The minimum Gasteiger partial charge on any atom is -0.198 e. The molecular weight excluding hydrogens is 110 g/mol. The maximum atomic E-state index is 8.71. The zero-order valence-electron chi connectivity index (χ0n) is 6.73. The van der Waals surface area contributed by atoms with Crippen LogP contribution in [0, 0.1) is 22.7 Å². The maximum Gasteiger partial charge on any atom is 0.0689 e. The van der Waals surface area contributed by atoms with Crippen LogP contribution in [0.2, 0.25) is 0 Å². The van der Waals surface area contributed by atoms with E-state index in [1.807, 2.05) is 6.92 Å². The molecule has 52 valence electrons. The van der Waals surface area contributed by atoms with Crippen molar-refractivity contribution in [3.63, 3.8) is 0 Å². The molecule has 0 spiro atoms. The third kappa shape index (κ3) is 1.71. The van der Waals surface area contributed by atoms with Gasteiger partial charge in [-0.15, -0.1) is 0 Å². The van der Waals surface area contributed by atoms with E-state index in [0.29, 0.717) is 5.92 Å². The molecule has 0 heterocycles. The Morgan fingerprint density at radius 3 is 2.00 bits per heavy atom. The molecule has 0 bridgehead atoms. The van der Waals surface area contributed by atoms with Gasteiger partial charge in [-0.2, -0.15) is 5.26 Å². The highest BCUT2D eigenvalue weighted by Crippen LogP contribution is 2.28. The Hall–Kier alpha value is -0.510. The van der Waals surface area contributed by atoms with Crippen LogP contribution in [-0.2, 0) is 0 Å². The second-order valence-electron chi connectivity index (χ2n) is 3.04. The molecule has 0 fully saturated rings. The lowest BCUT2D eigenvalue weighted by Crippen LogP contribution is -2.19. The van der Waals surface area contributed by atoms with Gasteiger partial charge in [0.15, 0.2) is 0 Å². The summed E-state index contributed by atoms with van der Waals surface area (Å²) < 4.78 is 0. The van der Waals surface area contributed by atoms with E-state index in [-0.39, 0.29) is 5.41 Å². The summed E-state index contributed by atoms with van der Waals surface area (Å²) in [6.07, 6.45) is 0.946. The molecule has 0 N–H and O–H groups in total. The SMILES string of the molecule is CCC(C)(C#N)C(C)C. The lowest BCUT2D eigenvalue weighted by molar-refractivity contribution is 0.299. The molecule has 0 saturated carbocycles. The van der Waals surface area contributed by atoms with Crippen molar-refractivity contribution in [1.82, 2.24) is 0 Å². The summed E-state index contributed by atoms with van der Waals surface area (Å²) in [7, 11) is 0. The Bertz CT molecular complexity index is 121. The van der Waals surface area contributed by atoms with Crippen molar-refractivity contribution in [1.29, 1.82) is 5.26 Å². The van der Waals surface area contributed by atoms with Gasteiger partial charge in [-0.05, 0) is 19.3 Å². The van der Waals surface area contributed by atoms with Crippen molar-refractivity contribution in [2.75, 3.05) is 0 Å². The minimum atomic E-state index is -0.111. The van der Waals surface area contributed by atoms with Gasteiger partial charge in [0.1, 0.15) is 0 Å². The summed E-state index contributed by atoms with van der Waals surface area (Å²) in [4.78, 5) is 0. The van der Waals surface area contributed by atoms with Gasteiger partial charge in [0, 0.05) is 0 Å². The summed E-state index contributed by atoms with van der Waals surface area (Å²) in [5, 5.41) is 8.71. The number of hydrogen-bond donors (Lipinski definition) is 0. The van der Waals surface area contributed by atoms with Gasteiger partial charge in [-0.1, -0.05) is 20.8 Å². The van der Waals surface area contributed by atoms with E-state index in [1.165, 1.54) is 0 Å². The smallest absolute Gasteiger partial charge is 0.0689 e. The Morgan fingerprint density at radius 1 is 1.56 bits per heavy atom. The predicted octanol–water partition coefficient (Wildman–Crippen LogP) is 2.58. The maximum absolute atomic E-state index is 8.71. The number of nitriles is 1. The Balaban J connectivity index is 4.14. The van der Waals surface area contributed by atoms with Crippen LogP contribution in [0.5, 0.6) is 0 Å². The number of nitrogens with zero attached hydrogens (tertiary/aromatic N) is 1. The molecular formula is C8H15N. The third-order valence-electron chi connectivity index (χ3n) is 2.26. The fourth-order valence-corrected chi connectivity index (χ4v) is 0.616. The molecule has 9 heavy (non-hydrogen) atoms. The minimum absolute atomic E-state index is 0.111. The summed E-state index contributed by atoms with van der Waals surface area (Å²) in [5.41, 5.74) is -0.111. The van der Waals surface area contributed by atoms with Crippen molar-refractivity contribution in [3.05, 3.63) is 0 Å². The van der Waals surface area contributed by atoms with Gasteiger partial charge in [-0.25, -0.2) is 0 Å². The van der Waals surface area contributed by atoms with E-state index in [2.05, 4.69) is 26.8 Å². The fourth-order valence-electron chi connectivity index (χ4n) is 0.616. The van der Waals surface area contributed by atoms with E-state index in [1.54, 1.807) is 0 Å². The second-order valence-corrected chi connectivity index (χ2v) is 3.04. The standard InChI is InChI=1S/C8H15N/c1-5-8(4,6-9)7(2)3/h7H,5H2,1-4H3. The van der Waals surface area contributed by atoms with Crippen LogP contribution in [0.15, 0.2) is 0 Å². The predicted molar refractivity (Wildman–Crippen MR) is 38.8 cm³/mol. The average molecular weight is 125 g/mol. The zero-order valence-corrected chi connectivity index (χ0v) is 6.73. The van der Waals surface area contributed by atoms with Crippen molar-refractivity contribution in [2.45, 2.75) is 34.1 Å². The van der Waals surface area contributed by atoms with E-state index >= 15 is 0 Å². The summed E-state index contributed by atoms with van der Waals surface area (Å²) in [6, 6.07) is 2.33. The van der Waals surface area contributed by atoms with E-state index in [9.17, 15) is 0 Å².